The molecule has 65 valence electrons. The highest BCUT2D eigenvalue weighted by atomic mass is 16.5. The van der Waals surface area contributed by atoms with E-state index in [2.05, 4.69) is 6.42 Å². The van der Waals surface area contributed by atoms with E-state index in [1.54, 1.807) is 0 Å². The van der Waals surface area contributed by atoms with Crippen LogP contribution in [0.5, 0.6) is 0 Å². The molecular weight excluding hydrogens is 140 g/mol. The summed E-state index contributed by atoms with van der Waals surface area (Å²) in [5, 5.41) is 8.51. The standard InChI is InChI=1S/C9H17O2/c10-7-4-8-11-9-5-2-1-3-6-9/h5,9-10H,1-4,6-8H2. The average molecular weight is 157 g/mol. The SMILES string of the molecule is OCCCOC1[CH]CCCC1. The molecule has 1 saturated carbocycles. The molecule has 1 aliphatic rings. The van der Waals surface area contributed by atoms with Crippen LogP contribution in [-0.2, 0) is 4.74 Å². The minimum Gasteiger partial charge on any atom is -0.396 e. The van der Waals surface area contributed by atoms with Crippen molar-refractivity contribution in [3.05, 3.63) is 6.42 Å². The largest absolute Gasteiger partial charge is 0.396 e. The topological polar surface area (TPSA) is 29.5 Å². The maximum atomic E-state index is 8.51. The fourth-order valence-corrected chi connectivity index (χ4v) is 1.36. The summed E-state index contributed by atoms with van der Waals surface area (Å²) in [7, 11) is 0. The van der Waals surface area contributed by atoms with Gasteiger partial charge in [-0.3, -0.25) is 0 Å². The third-order valence-corrected chi connectivity index (χ3v) is 2.01. The van der Waals surface area contributed by atoms with Gasteiger partial charge in [0.15, 0.2) is 0 Å². The molecule has 2 nitrogen and oxygen atoms in total. The molecular formula is C9H17O2. The van der Waals surface area contributed by atoms with Gasteiger partial charge in [0.25, 0.3) is 0 Å². The first-order valence-corrected chi connectivity index (χ1v) is 4.49. The summed E-state index contributed by atoms with van der Waals surface area (Å²) in [6.45, 7) is 0.949. The molecule has 0 amide bonds. The van der Waals surface area contributed by atoms with Crippen LogP contribution in [0.1, 0.15) is 32.1 Å². The Kier molecular flexibility index (Phi) is 4.55. The first kappa shape index (κ1) is 9.01. The second-order valence-electron chi connectivity index (χ2n) is 3.01. The molecule has 1 aliphatic carbocycles. The van der Waals surface area contributed by atoms with Crippen LogP contribution in [0.15, 0.2) is 0 Å². The Morgan fingerprint density at radius 2 is 2.36 bits per heavy atom. The van der Waals surface area contributed by atoms with Gasteiger partial charge in [0.2, 0.25) is 0 Å². The minimum absolute atomic E-state index is 0.243. The van der Waals surface area contributed by atoms with Crippen LogP contribution < -0.4 is 0 Å². The molecule has 0 heterocycles. The van der Waals surface area contributed by atoms with E-state index >= 15 is 0 Å². The molecule has 0 saturated heterocycles. The van der Waals surface area contributed by atoms with Crippen LogP contribution in [0.3, 0.4) is 0 Å². The third kappa shape index (κ3) is 3.73. The maximum Gasteiger partial charge on any atom is 0.0606 e. The number of aliphatic hydroxyl groups is 1. The molecule has 1 rings (SSSR count). The van der Waals surface area contributed by atoms with E-state index in [0.29, 0.717) is 12.7 Å². The normalized spacial score (nSPS) is 20.5. The Bertz CT molecular complexity index is 87.6. The Balaban J connectivity index is 1.96. The molecule has 2 heteroatoms. The van der Waals surface area contributed by atoms with Gasteiger partial charge in [0, 0.05) is 13.2 Å². The summed E-state index contributed by atoms with van der Waals surface area (Å²) < 4.78 is 5.51. The van der Waals surface area contributed by atoms with Crippen molar-refractivity contribution in [2.75, 3.05) is 13.2 Å². The predicted octanol–water partition coefficient (Wildman–Crippen LogP) is 1.53. The lowest BCUT2D eigenvalue weighted by Gasteiger charge is -2.21. The van der Waals surface area contributed by atoms with Crippen LogP contribution in [0, 0.1) is 6.42 Å². The highest BCUT2D eigenvalue weighted by molar-refractivity contribution is 4.81. The second-order valence-corrected chi connectivity index (χ2v) is 3.01. The maximum absolute atomic E-state index is 8.51. The predicted molar refractivity (Wildman–Crippen MR) is 44.2 cm³/mol. The van der Waals surface area contributed by atoms with E-state index in [-0.39, 0.29) is 6.61 Å². The van der Waals surface area contributed by atoms with Gasteiger partial charge in [-0.25, -0.2) is 0 Å². The van der Waals surface area contributed by atoms with E-state index in [9.17, 15) is 0 Å². The zero-order valence-electron chi connectivity index (χ0n) is 6.96. The van der Waals surface area contributed by atoms with Crippen molar-refractivity contribution < 1.29 is 9.84 Å². The first-order valence-electron chi connectivity index (χ1n) is 4.49. The highest BCUT2D eigenvalue weighted by Gasteiger charge is 2.12. The second kappa shape index (κ2) is 5.56. The van der Waals surface area contributed by atoms with Gasteiger partial charge >= 0.3 is 0 Å². The number of hydrogen-bond donors (Lipinski definition) is 1. The minimum atomic E-state index is 0.243. The zero-order chi connectivity index (χ0) is 7.94. The van der Waals surface area contributed by atoms with Crippen molar-refractivity contribution in [3.8, 4) is 0 Å². The van der Waals surface area contributed by atoms with Crippen molar-refractivity contribution in [2.24, 2.45) is 0 Å². The Morgan fingerprint density at radius 1 is 1.45 bits per heavy atom. The van der Waals surface area contributed by atoms with Crippen LogP contribution >= 0.6 is 0 Å². The molecule has 0 aliphatic heterocycles. The van der Waals surface area contributed by atoms with Crippen molar-refractivity contribution in [3.63, 3.8) is 0 Å². The van der Waals surface area contributed by atoms with E-state index in [4.69, 9.17) is 9.84 Å². The van der Waals surface area contributed by atoms with E-state index in [1.165, 1.54) is 25.7 Å². The van der Waals surface area contributed by atoms with Gasteiger partial charge < -0.3 is 9.84 Å². The third-order valence-electron chi connectivity index (χ3n) is 2.01. The fourth-order valence-electron chi connectivity index (χ4n) is 1.36. The van der Waals surface area contributed by atoms with Gasteiger partial charge in [-0.2, -0.15) is 0 Å². The van der Waals surface area contributed by atoms with Crippen LogP contribution in [0.25, 0.3) is 0 Å². The smallest absolute Gasteiger partial charge is 0.0606 e. The van der Waals surface area contributed by atoms with Gasteiger partial charge in [-0.15, -0.1) is 0 Å². The lowest BCUT2D eigenvalue weighted by Crippen LogP contribution is -2.18. The lowest BCUT2D eigenvalue weighted by atomic mass is 9.98. The van der Waals surface area contributed by atoms with Crippen molar-refractivity contribution in [1.82, 2.24) is 0 Å². The molecule has 0 bridgehead atoms. The van der Waals surface area contributed by atoms with Gasteiger partial charge in [-0.05, 0) is 25.7 Å². The molecule has 0 aromatic rings. The van der Waals surface area contributed by atoms with Crippen LogP contribution in [0.4, 0.5) is 0 Å². The Labute approximate surface area is 68.6 Å². The van der Waals surface area contributed by atoms with E-state index < -0.39 is 0 Å². The summed E-state index contributed by atoms with van der Waals surface area (Å²) in [5.74, 6) is 0. The van der Waals surface area contributed by atoms with E-state index in [1.807, 2.05) is 0 Å². The van der Waals surface area contributed by atoms with Crippen LogP contribution in [-0.4, -0.2) is 24.4 Å². The molecule has 1 atom stereocenters. The molecule has 1 fully saturated rings. The van der Waals surface area contributed by atoms with Gasteiger partial charge in [0.1, 0.15) is 0 Å². The highest BCUT2D eigenvalue weighted by Crippen LogP contribution is 2.19. The summed E-state index contributed by atoms with van der Waals surface area (Å²) in [4.78, 5) is 0. The fraction of sp³-hybridized carbons (Fsp3) is 0.889. The summed E-state index contributed by atoms with van der Waals surface area (Å²) in [6.07, 6.45) is 8.37. The number of aliphatic hydroxyl groups excluding tert-OH is 1. The summed E-state index contributed by atoms with van der Waals surface area (Å²) in [5.41, 5.74) is 0. The molecule has 1 unspecified atom stereocenters. The molecule has 1 N–H and O–H groups in total. The average Bonchev–Trinajstić information content (AvgIpc) is 2.07. The molecule has 11 heavy (non-hydrogen) atoms. The summed E-state index contributed by atoms with van der Waals surface area (Å²) in [6, 6.07) is 0. The number of ether oxygens (including phenoxy) is 1. The molecule has 0 spiro atoms. The zero-order valence-corrected chi connectivity index (χ0v) is 6.96. The molecule has 0 aromatic heterocycles. The van der Waals surface area contributed by atoms with E-state index in [0.717, 1.165) is 6.42 Å². The monoisotopic (exact) mass is 157 g/mol. The first-order chi connectivity index (χ1) is 5.43. The van der Waals surface area contributed by atoms with Gasteiger partial charge in [0.05, 0.1) is 6.10 Å². The Morgan fingerprint density at radius 3 is 3.00 bits per heavy atom. The van der Waals surface area contributed by atoms with Gasteiger partial charge in [-0.1, -0.05) is 12.8 Å². The summed E-state index contributed by atoms with van der Waals surface area (Å²) >= 11 is 0. The van der Waals surface area contributed by atoms with Crippen molar-refractivity contribution >= 4 is 0 Å². The number of hydrogen-bond acceptors (Lipinski definition) is 2. The Hall–Kier alpha value is -0.0800. The van der Waals surface area contributed by atoms with Crippen molar-refractivity contribution in [1.29, 1.82) is 0 Å². The van der Waals surface area contributed by atoms with Crippen molar-refractivity contribution in [2.45, 2.75) is 38.2 Å². The quantitative estimate of drug-likeness (QED) is 0.627. The molecule has 0 aromatic carbocycles. The lowest BCUT2D eigenvalue weighted by molar-refractivity contribution is 0.0484. The number of rotatable bonds is 4. The van der Waals surface area contributed by atoms with Crippen LogP contribution in [0.2, 0.25) is 0 Å². The molecule has 1 radical (unpaired) electrons.